The normalized spacial score (nSPS) is 11.8. The third-order valence-electron chi connectivity index (χ3n) is 5.87. The predicted octanol–water partition coefficient (Wildman–Crippen LogP) is 6.39. The van der Waals surface area contributed by atoms with Crippen molar-refractivity contribution in [3.63, 3.8) is 0 Å². The second-order valence-electron chi connectivity index (χ2n) is 8.79. The molecular weight excluding hydrogens is 602 g/mol. The number of nitrogens with zero attached hydrogens (tertiary/aromatic N) is 2. The van der Waals surface area contributed by atoms with Crippen LogP contribution in [0.4, 0.5) is 0 Å². The zero-order valence-corrected chi connectivity index (χ0v) is 24.6. The smallest absolute Gasteiger partial charge is 0.346 e. The molecule has 4 aromatic rings. The van der Waals surface area contributed by atoms with Gasteiger partial charge in [-0.25, -0.2) is 10.2 Å². The average molecular weight is 629 g/mol. The Balaban J connectivity index is 1.35. The van der Waals surface area contributed by atoms with Gasteiger partial charge in [-0.15, -0.1) is 0 Å². The van der Waals surface area contributed by atoms with Crippen LogP contribution < -0.4 is 14.9 Å². The predicted molar refractivity (Wildman–Crippen MR) is 155 cm³/mol. The van der Waals surface area contributed by atoms with Gasteiger partial charge in [0.1, 0.15) is 23.9 Å². The molecule has 40 heavy (non-hydrogen) atoms. The molecule has 0 aliphatic carbocycles. The summed E-state index contributed by atoms with van der Waals surface area (Å²) in [6, 6.07) is 18.3. The topological polar surface area (TPSA) is 104 Å². The van der Waals surface area contributed by atoms with Crippen molar-refractivity contribution in [3.8, 4) is 17.2 Å². The number of ether oxygens (including phenoxy) is 3. The molecule has 0 aliphatic heterocycles. The van der Waals surface area contributed by atoms with Crippen molar-refractivity contribution in [2.75, 3.05) is 7.11 Å². The molecule has 0 aliphatic rings. The van der Waals surface area contributed by atoms with E-state index in [-0.39, 0.29) is 12.4 Å². The van der Waals surface area contributed by atoms with E-state index >= 15 is 0 Å². The van der Waals surface area contributed by atoms with Gasteiger partial charge < -0.3 is 23.2 Å². The lowest BCUT2D eigenvalue weighted by Crippen LogP contribution is -2.25. The number of esters is 1. The second kappa shape index (κ2) is 12.9. The number of rotatable bonds is 10. The Morgan fingerprint density at radius 2 is 1.80 bits per heavy atom. The first-order chi connectivity index (χ1) is 19.2. The van der Waals surface area contributed by atoms with Crippen LogP contribution in [-0.4, -0.2) is 35.9 Å². The number of halogens is 2. The van der Waals surface area contributed by atoms with Gasteiger partial charge in [-0.1, -0.05) is 11.6 Å². The Labute approximate surface area is 244 Å². The van der Waals surface area contributed by atoms with Crippen molar-refractivity contribution >= 4 is 45.6 Å². The number of carbonyl (C=O) groups excluding carboxylic acids is 2. The van der Waals surface area contributed by atoms with Gasteiger partial charge in [0.25, 0.3) is 0 Å². The minimum atomic E-state index is -0.876. The number of hydrogen-bond donors (Lipinski definition) is 1. The molecule has 2 aromatic heterocycles. The molecule has 9 nitrogen and oxygen atoms in total. The monoisotopic (exact) mass is 627 g/mol. The first kappa shape index (κ1) is 29.0. The molecule has 4 rings (SSSR count). The highest BCUT2D eigenvalue weighted by Crippen LogP contribution is 2.33. The largest absolute Gasteiger partial charge is 0.486 e. The summed E-state index contributed by atoms with van der Waals surface area (Å²) in [5, 5.41) is 4.39. The van der Waals surface area contributed by atoms with Crippen LogP contribution in [0.5, 0.6) is 11.5 Å². The lowest BCUT2D eigenvalue weighted by molar-refractivity contribution is -0.147. The summed E-state index contributed by atoms with van der Waals surface area (Å²) in [6.07, 6.45) is 0.472. The standard InChI is InChI=1S/C29H27BrClN3O6/c1-17-5-6-18(2)34(17)22-7-9-23(10-8-22)38-16-24-11-12-26(40-24)28(35)33-32-15-20-13-21(31)14-25(30)27(20)39-19(3)29(36)37-4/h5-15,19H,16H2,1-4H3,(H,33,35)/b32-15+/t19-/m0/s1. The third kappa shape index (κ3) is 6.94. The van der Waals surface area contributed by atoms with Crippen LogP contribution in [0.25, 0.3) is 5.69 Å². The van der Waals surface area contributed by atoms with Gasteiger partial charge in [0.2, 0.25) is 0 Å². The summed E-state index contributed by atoms with van der Waals surface area (Å²) in [5.74, 6) is 0.412. The van der Waals surface area contributed by atoms with E-state index in [1.54, 1.807) is 25.1 Å². The molecule has 0 saturated carbocycles. The summed E-state index contributed by atoms with van der Waals surface area (Å²) < 4.78 is 24.5. The number of carbonyl (C=O) groups is 2. The molecule has 1 atom stereocenters. The quantitative estimate of drug-likeness (QED) is 0.124. The maximum absolute atomic E-state index is 12.6. The molecule has 0 bridgehead atoms. The van der Waals surface area contributed by atoms with Gasteiger partial charge in [-0.2, -0.15) is 5.10 Å². The Morgan fingerprint density at radius 1 is 1.10 bits per heavy atom. The first-order valence-corrected chi connectivity index (χ1v) is 13.4. The van der Waals surface area contributed by atoms with Crippen LogP contribution in [0.15, 0.2) is 74.7 Å². The van der Waals surface area contributed by atoms with Crippen molar-refractivity contribution < 1.29 is 28.2 Å². The van der Waals surface area contributed by atoms with Crippen molar-refractivity contribution in [1.82, 2.24) is 9.99 Å². The van der Waals surface area contributed by atoms with E-state index in [1.807, 2.05) is 24.3 Å². The van der Waals surface area contributed by atoms with E-state index in [0.717, 1.165) is 17.1 Å². The average Bonchev–Trinajstić information content (AvgIpc) is 3.55. The van der Waals surface area contributed by atoms with Gasteiger partial charge in [-0.3, -0.25) is 4.79 Å². The van der Waals surface area contributed by atoms with Crippen molar-refractivity contribution in [3.05, 3.63) is 98.6 Å². The van der Waals surface area contributed by atoms with E-state index in [1.165, 1.54) is 19.4 Å². The summed E-state index contributed by atoms with van der Waals surface area (Å²) in [4.78, 5) is 24.3. The van der Waals surface area contributed by atoms with Crippen molar-refractivity contribution in [2.24, 2.45) is 5.10 Å². The van der Waals surface area contributed by atoms with Gasteiger partial charge in [0, 0.05) is 27.7 Å². The summed E-state index contributed by atoms with van der Waals surface area (Å²) in [7, 11) is 1.27. The molecule has 0 spiro atoms. The SMILES string of the molecule is COC(=O)[C@H](C)Oc1c(Br)cc(Cl)cc1/C=N/NC(=O)c1ccc(COc2ccc(-n3c(C)ccc3C)cc2)o1. The van der Waals surface area contributed by atoms with E-state index in [2.05, 4.69) is 57.0 Å². The number of furan rings is 1. The fraction of sp³-hybridized carbons (Fsp3) is 0.207. The number of nitrogens with one attached hydrogen (secondary N) is 1. The van der Waals surface area contributed by atoms with Gasteiger partial charge in [-0.05, 0) is 97.4 Å². The zero-order chi connectivity index (χ0) is 28.8. The molecule has 0 radical (unpaired) electrons. The van der Waals surface area contributed by atoms with Gasteiger partial charge >= 0.3 is 11.9 Å². The van der Waals surface area contributed by atoms with Crippen LogP contribution in [0.2, 0.25) is 5.02 Å². The van der Waals surface area contributed by atoms with Crippen molar-refractivity contribution in [1.29, 1.82) is 0 Å². The molecule has 1 N–H and O–H groups in total. The van der Waals surface area contributed by atoms with E-state index in [0.29, 0.717) is 32.3 Å². The van der Waals surface area contributed by atoms with Gasteiger partial charge in [0.05, 0.1) is 17.8 Å². The summed E-state index contributed by atoms with van der Waals surface area (Å²) in [5.41, 5.74) is 6.18. The molecule has 1 amide bonds. The Morgan fingerprint density at radius 3 is 2.48 bits per heavy atom. The minimum Gasteiger partial charge on any atom is -0.486 e. The van der Waals surface area contributed by atoms with Crippen LogP contribution in [-0.2, 0) is 16.1 Å². The maximum Gasteiger partial charge on any atom is 0.346 e. The highest BCUT2D eigenvalue weighted by Gasteiger charge is 2.19. The Kier molecular flexibility index (Phi) is 9.34. The highest BCUT2D eigenvalue weighted by atomic mass is 79.9. The van der Waals surface area contributed by atoms with Gasteiger partial charge in [0.15, 0.2) is 11.9 Å². The summed E-state index contributed by atoms with van der Waals surface area (Å²) >= 11 is 9.52. The number of amides is 1. The number of aromatic nitrogens is 1. The lowest BCUT2D eigenvalue weighted by atomic mass is 10.2. The Hall–Kier alpha value is -4.02. The molecular formula is C29H27BrClN3O6. The molecule has 11 heteroatoms. The maximum atomic E-state index is 12.6. The first-order valence-electron chi connectivity index (χ1n) is 12.2. The minimum absolute atomic E-state index is 0.0627. The lowest BCUT2D eigenvalue weighted by Gasteiger charge is -2.16. The van der Waals surface area contributed by atoms with Crippen LogP contribution >= 0.6 is 27.5 Å². The molecule has 2 aromatic carbocycles. The molecule has 0 fully saturated rings. The van der Waals surface area contributed by atoms with E-state index < -0.39 is 18.0 Å². The Bertz CT molecular complexity index is 1520. The fourth-order valence-electron chi connectivity index (χ4n) is 3.91. The fourth-order valence-corrected chi connectivity index (χ4v) is 4.83. The highest BCUT2D eigenvalue weighted by molar-refractivity contribution is 9.10. The number of hydrogen-bond acceptors (Lipinski definition) is 7. The molecule has 208 valence electrons. The van der Waals surface area contributed by atoms with Crippen LogP contribution in [0.1, 0.15) is 40.2 Å². The van der Waals surface area contributed by atoms with Crippen LogP contribution in [0, 0.1) is 13.8 Å². The van der Waals surface area contributed by atoms with Crippen molar-refractivity contribution in [2.45, 2.75) is 33.5 Å². The molecule has 2 heterocycles. The van der Waals surface area contributed by atoms with Crippen LogP contribution in [0.3, 0.4) is 0 Å². The van der Waals surface area contributed by atoms with E-state index in [4.69, 9.17) is 30.2 Å². The number of hydrazone groups is 1. The third-order valence-corrected chi connectivity index (χ3v) is 6.67. The zero-order valence-electron chi connectivity index (χ0n) is 22.2. The molecule has 0 saturated heterocycles. The number of benzene rings is 2. The summed E-state index contributed by atoms with van der Waals surface area (Å²) in [6.45, 7) is 5.81. The van der Waals surface area contributed by atoms with E-state index in [9.17, 15) is 9.59 Å². The number of aryl methyl sites for hydroxylation is 2. The molecule has 0 unspecified atom stereocenters. The second-order valence-corrected chi connectivity index (χ2v) is 10.1. The number of methoxy groups -OCH3 is 1.